The Hall–Kier alpha value is -1.86. The Bertz CT molecular complexity index is 1640. The lowest BCUT2D eigenvalue weighted by Crippen LogP contribution is -2.69. The zero-order valence-corrected chi connectivity index (χ0v) is 32.8. The summed E-state index contributed by atoms with van der Waals surface area (Å²) in [5, 5.41) is 21.0. The molecule has 1 saturated heterocycles. The Morgan fingerprint density at radius 2 is 1.80 bits per heavy atom. The van der Waals surface area contributed by atoms with Crippen molar-refractivity contribution < 1.29 is 27.8 Å². The minimum Gasteiger partial charge on any atom is -0.481 e. The van der Waals surface area contributed by atoms with Gasteiger partial charge in [0.1, 0.15) is 6.33 Å². The Morgan fingerprint density at radius 3 is 2.40 bits per heavy atom. The number of aromatic nitrogens is 3. The number of ether oxygens (including phenoxy) is 2. The van der Waals surface area contributed by atoms with Crippen molar-refractivity contribution in [3.8, 4) is 0 Å². The van der Waals surface area contributed by atoms with Crippen molar-refractivity contribution in [2.45, 2.75) is 131 Å². The van der Waals surface area contributed by atoms with Gasteiger partial charge in [0.05, 0.1) is 37.9 Å². The number of carboxylic acids is 1. The average Bonchev–Trinajstić information content (AvgIpc) is 3.51. The minimum atomic E-state index is -4.18. The zero-order valence-electron chi connectivity index (χ0n) is 32.0. The van der Waals surface area contributed by atoms with Gasteiger partial charge in [0, 0.05) is 16.4 Å². The van der Waals surface area contributed by atoms with Crippen molar-refractivity contribution in [3.05, 3.63) is 18.0 Å². The Balaban J connectivity index is 1.49. The maximum Gasteiger partial charge on any atom is 0.307 e. The van der Waals surface area contributed by atoms with Crippen LogP contribution in [0.5, 0.6) is 0 Å². The molecule has 5 aliphatic rings. The quantitative estimate of drug-likeness (QED) is 0.266. The summed E-state index contributed by atoms with van der Waals surface area (Å²) in [6.07, 6.45) is 8.15. The lowest BCUT2D eigenvalue weighted by atomic mass is 9.34. The highest BCUT2D eigenvalue weighted by atomic mass is 32.2. The molecule has 1 aliphatic heterocycles. The summed E-state index contributed by atoms with van der Waals surface area (Å²) < 4.78 is 40.8. The van der Waals surface area contributed by atoms with Crippen LogP contribution >= 0.6 is 0 Å². The lowest BCUT2D eigenvalue weighted by Gasteiger charge is -2.71. The van der Waals surface area contributed by atoms with E-state index >= 15 is 0 Å². The SMILES string of the molecule is CC(C)[C@@H](C)[C@@]1(C)CC[C@]2(C)[C@H]3CC[C@@H]4[C@@]5(COC[C@]4(C)[C@@H](OC[C@](C)(N)C(C)C)[C@H](n4ncnc4S(N)(=O)=O)C5)C3=CC[C@@]2(C)[C@@H]1C(=O)O. The highest BCUT2D eigenvalue weighted by Crippen LogP contribution is 2.75. The molecular formula is C38H63N5O6S. The van der Waals surface area contributed by atoms with Gasteiger partial charge in [0.25, 0.3) is 15.2 Å². The fourth-order valence-corrected chi connectivity index (χ4v) is 12.9. The van der Waals surface area contributed by atoms with Crippen LogP contribution in [0, 0.1) is 62.6 Å². The Kier molecular flexibility index (Phi) is 9.15. The molecule has 12 atom stereocenters. The molecule has 3 saturated carbocycles. The number of nitrogens with two attached hydrogens (primary N) is 2. The molecule has 4 aliphatic carbocycles. The van der Waals surface area contributed by atoms with E-state index < -0.39 is 55.8 Å². The topological polar surface area (TPSA) is 173 Å². The summed E-state index contributed by atoms with van der Waals surface area (Å²) in [6.45, 7) is 23.2. The number of nitrogens with zero attached hydrogens (tertiary/aromatic N) is 3. The second-order valence-electron chi connectivity index (χ2n) is 19.0. The molecule has 0 amide bonds. The first kappa shape index (κ1) is 37.9. The van der Waals surface area contributed by atoms with Crippen LogP contribution < -0.4 is 10.9 Å². The molecule has 2 bridgehead atoms. The third-order valence-corrected chi connectivity index (χ3v) is 16.9. The van der Waals surface area contributed by atoms with Crippen LogP contribution in [-0.2, 0) is 24.3 Å². The maximum atomic E-state index is 13.5. The van der Waals surface area contributed by atoms with Gasteiger partial charge in [-0.25, -0.2) is 23.2 Å². The molecule has 0 radical (unpaired) electrons. The first-order valence-electron chi connectivity index (χ1n) is 18.8. The van der Waals surface area contributed by atoms with Gasteiger partial charge in [-0.2, -0.15) is 5.10 Å². The van der Waals surface area contributed by atoms with Gasteiger partial charge in [-0.05, 0) is 91.3 Å². The van der Waals surface area contributed by atoms with E-state index in [4.69, 9.17) is 20.3 Å². The van der Waals surface area contributed by atoms with Gasteiger partial charge in [-0.3, -0.25) is 4.79 Å². The van der Waals surface area contributed by atoms with Crippen LogP contribution in [0.1, 0.15) is 114 Å². The van der Waals surface area contributed by atoms with Crippen molar-refractivity contribution in [2.75, 3.05) is 19.8 Å². The van der Waals surface area contributed by atoms with E-state index in [1.54, 1.807) is 0 Å². The average molecular weight is 718 g/mol. The van der Waals surface area contributed by atoms with E-state index in [1.807, 2.05) is 6.92 Å². The number of sulfonamides is 1. The summed E-state index contributed by atoms with van der Waals surface area (Å²) >= 11 is 0. The number of rotatable bonds is 9. The van der Waals surface area contributed by atoms with E-state index in [1.165, 1.54) is 16.6 Å². The van der Waals surface area contributed by atoms with Crippen molar-refractivity contribution in [2.24, 2.45) is 73.5 Å². The highest BCUT2D eigenvalue weighted by Gasteiger charge is 2.72. The standard InChI is InChI=1S/C38H63N5O6S/c1-22(2)24(5)33(6)15-16-35(8)25-11-12-28-34(7)18-48-20-38(28,26(25)13-14-36(35,9)29(33)31(44)45)17-27(30(34)49-19-37(10,39)23(3)4)43-32(41-21-42-43)50(40,46)47/h13,21-25,27-30H,11-12,14-20,39H2,1-10H3,(H,44,45)(H2,40,46,47)/t24-,25+,27-,28+,29-,30+,33-,34+,35-,36+,37+,38+/m1/s1. The number of primary sulfonamides is 1. The second kappa shape index (κ2) is 12.1. The van der Waals surface area contributed by atoms with E-state index in [0.717, 1.165) is 25.7 Å². The summed E-state index contributed by atoms with van der Waals surface area (Å²) in [5.41, 5.74) is 5.57. The van der Waals surface area contributed by atoms with Crippen LogP contribution in [0.2, 0.25) is 0 Å². The first-order valence-corrected chi connectivity index (χ1v) is 20.4. The van der Waals surface area contributed by atoms with Crippen LogP contribution in [0.4, 0.5) is 0 Å². The van der Waals surface area contributed by atoms with Gasteiger partial charge < -0.3 is 20.3 Å². The number of allylic oxidation sites excluding steroid dienone is 1. The molecule has 0 unspecified atom stereocenters. The lowest BCUT2D eigenvalue weighted by molar-refractivity contribution is -0.253. The Labute approximate surface area is 299 Å². The number of carbonyl (C=O) groups is 1. The molecule has 5 N–H and O–H groups in total. The maximum absolute atomic E-state index is 13.5. The second-order valence-corrected chi connectivity index (χ2v) is 20.5. The molecule has 1 aromatic rings. The first-order chi connectivity index (χ1) is 23.0. The predicted octanol–water partition coefficient (Wildman–Crippen LogP) is 5.81. The molecule has 1 aromatic heterocycles. The van der Waals surface area contributed by atoms with Crippen LogP contribution in [-0.4, -0.2) is 65.7 Å². The smallest absolute Gasteiger partial charge is 0.307 e. The molecular weight excluding hydrogens is 655 g/mol. The third kappa shape index (κ3) is 5.22. The monoisotopic (exact) mass is 717 g/mol. The molecule has 12 heteroatoms. The molecule has 282 valence electrons. The molecule has 6 rings (SSSR count). The number of hydrogen-bond acceptors (Lipinski definition) is 8. The third-order valence-electron chi connectivity index (χ3n) is 16.1. The van der Waals surface area contributed by atoms with E-state index in [9.17, 15) is 18.3 Å². The minimum absolute atomic E-state index is 0.152. The van der Waals surface area contributed by atoms with Gasteiger partial charge in [0.2, 0.25) is 0 Å². The van der Waals surface area contributed by atoms with E-state index in [-0.39, 0.29) is 46.3 Å². The van der Waals surface area contributed by atoms with Gasteiger partial charge in [0.15, 0.2) is 0 Å². The number of carboxylic acid groups (broad SMARTS) is 1. The highest BCUT2D eigenvalue weighted by molar-refractivity contribution is 7.89. The molecule has 11 nitrogen and oxygen atoms in total. The summed E-state index contributed by atoms with van der Waals surface area (Å²) in [7, 11) is -4.18. The predicted molar refractivity (Wildman–Crippen MR) is 191 cm³/mol. The van der Waals surface area contributed by atoms with Crippen LogP contribution in [0.25, 0.3) is 0 Å². The van der Waals surface area contributed by atoms with Crippen LogP contribution in [0.15, 0.2) is 23.1 Å². The molecule has 50 heavy (non-hydrogen) atoms. The zero-order chi connectivity index (χ0) is 37.0. The van der Waals surface area contributed by atoms with Crippen LogP contribution in [0.3, 0.4) is 0 Å². The van der Waals surface area contributed by atoms with E-state index in [2.05, 4.69) is 78.5 Å². The van der Waals surface area contributed by atoms with Crippen molar-refractivity contribution >= 4 is 16.0 Å². The summed E-state index contributed by atoms with van der Waals surface area (Å²) in [5.74, 6) is -0.00358. The number of hydrogen-bond donors (Lipinski definition) is 3. The van der Waals surface area contributed by atoms with E-state index in [0.29, 0.717) is 32.0 Å². The van der Waals surface area contributed by atoms with Crippen molar-refractivity contribution in [3.63, 3.8) is 0 Å². The fourth-order valence-electron chi connectivity index (χ4n) is 12.2. The molecule has 4 fully saturated rings. The largest absolute Gasteiger partial charge is 0.481 e. The van der Waals surface area contributed by atoms with Gasteiger partial charge >= 0.3 is 5.97 Å². The molecule has 0 aromatic carbocycles. The normalized spacial score (nSPS) is 43.3. The number of fused-ring (bicyclic) bond motifs is 3. The van der Waals surface area contributed by atoms with Gasteiger partial charge in [-0.1, -0.05) is 74.0 Å². The summed E-state index contributed by atoms with van der Waals surface area (Å²) in [4.78, 5) is 17.6. The molecule has 0 spiro atoms. The summed E-state index contributed by atoms with van der Waals surface area (Å²) in [6, 6.07) is -0.493. The molecule has 2 heterocycles. The van der Waals surface area contributed by atoms with Gasteiger partial charge in [-0.15, -0.1) is 0 Å². The van der Waals surface area contributed by atoms with Crippen molar-refractivity contribution in [1.29, 1.82) is 0 Å². The fraction of sp³-hybridized carbons (Fsp3) is 0.868. The number of aliphatic carboxylic acids is 1. The Morgan fingerprint density at radius 1 is 1.12 bits per heavy atom. The van der Waals surface area contributed by atoms with Crippen molar-refractivity contribution in [1.82, 2.24) is 14.8 Å².